The minimum absolute atomic E-state index is 0.236. The van der Waals surface area contributed by atoms with Crippen molar-refractivity contribution in [3.05, 3.63) is 0 Å². The zero-order chi connectivity index (χ0) is 10.0. The molecule has 13 heavy (non-hydrogen) atoms. The first-order valence-electron chi connectivity index (χ1n) is 4.89. The zero-order valence-corrected chi connectivity index (χ0v) is 8.74. The highest BCUT2D eigenvalue weighted by atomic mass is 16.7. The molecule has 0 aliphatic carbocycles. The van der Waals surface area contributed by atoms with E-state index in [2.05, 4.69) is 20.8 Å². The summed E-state index contributed by atoms with van der Waals surface area (Å²) in [7, 11) is 0. The van der Waals surface area contributed by atoms with Gasteiger partial charge in [-0.3, -0.25) is 4.79 Å². The van der Waals surface area contributed by atoms with Crippen LogP contribution in [0.1, 0.15) is 34.1 Å². The smallest absolute Gasteiger partial charge is 0.304 e. The second-order valence-corrected chi connectivity index (χ2v) is 3.78. The van der Waals surface area contributed by atoms with E-state index in [0.29, 0.717) is 11.8 Å². The fourth-order valence-electron chi connectivity index (χ4n) is 1.77. The van der Waals surface area contributed by atoms with Crippen LogP contribution < -0.4 is 0 Å². The quantitative estimate of drug-likeness (QED) is 0.618. The summed E-state index contributed by atoms with van der Waals surface area (Å²) in [5, 5.41) is 0. The SMILES string of the molecule is CC[C@H]1O[C@@H](OC(C)=O)[C@H](C)[C@@H]1C. The molecule has 0 aromatic rings. The average molecular weight is 186 g/mol. The third-order valence-corrected chi connectivity index (χ3v) is 2.84. The molecule has 1 aliphatic rings. The summed E-state index contributed by atoms with van der Waals surface area (Å²) < 4.78 is 10.7. The van der Waals surface area contributed by atoms with Gasteiger partial charge in [-0.05, 0) is 12.3 Å². The zero-order valence-electron chi connectivity index (χ0n) is 8.74. The summed E-state index contributed by atoms with van der Waals surface area (Å²) in [5.74, 6) is 0.504. The summed E-state index contributed by atoms with van der Waals surface area (Å²) in [4.78, 5) is 10.7. The summed E-state index contributed by atoms with van der Waals surface area (Å²) in [6.45, 7) is 7.71. The highest BCUT2D eigenvalue weighted by molar-refractivity contribution is 5.66. The van der Waals surface area contributed by atoms with Crippen LogP contribution in [0.15, 0.2) is 0 Å². The van der Waals surface area contributed by atoms with Gasteiger partial charge in [0.15, 0.2) is 0 Å². The number of carbonyl (C=O) groups is 1. The first-order chi connectivity index (χ1) is 6.06. The van der Waals surface area contributed by atoms with Crippen LogP contribution in [0.3, 0.4) is 0 Å². The van der Waals surface area contributed by atoms with Crippen LogP contribution in [-0.2, 0) is 14.3 Å². The molecule has 0 amide bonds. The lowest BCUT2D eigenvalue weighted by Gasteiger charge is -2.15. The van der Waals surface area contributed by atoms with E-state index < -0.39 is 0 Å². The Morgan fingerprint density at radius 2 is 2.00 bits per heavy atom. The largest absolute Gasteiger partial charge is 0.436 e. The van der Waals surface area contributed by atoms with Gasteiger partial charge in [0.2, 0.25) is 6.29 Å². The molecule has 0 bridgehead atoms. The first kappa shape index (κ1) is 10.5. The van der Waals surface area contributed by atoms with Gasteiger partial charge in [0, 0.05) is 12.8 Å². The second kappa shape index (κ2) is 4.09. The van der Waals surface area contributed by atoms with Crippen LogP contribution in [0.5, 0.6) is 0 Å². The number of esters is 1. The molecule has 1 rings (SSSR count). The maximum absolute atomic E-state index is 10.7. The molecule has 76 valence electrons. The number of rotatable bonds is 2. The van der Waals surface area contributed by atoms with Crippen LogP contribution in [0.4, 0.5) is 0 Å². The molecule has 4 atom stereocenters. The Morgan fingerprint density at radius 1 is 1.38 bits per heavy atom. The Balaban J connectivity index is 2.55. The molecule has 0 radical (unpaired) electrons. The van der Waals surface area contributed by atoms with Crippen LogP contribution in [-0.4, -0.2) is 18.4 Å². The van der Waals surface area contributed by atoms with Gasteiger partial charge in [0.1, 0.15) is 0 Å². The lowest BCUT2D eigenvalue weighted by molar-refractivity contribution is -0.178. The fraction of sp³-hybridized carbons (Fsp3) is 0.900. The fourth-order valence-corrected chi connectivity index (χ4v) is 1.77. The van der Waals surface area contributed by atoms with Gasteiger partial charge < -0.3 is 9.47 Å². The number of carbonyl (C=O) groups excluding carboxylic acids is 1. The molecule has 0 spiro atoms. The topological polar surface area (TPSA) is 35.5 Å². The van der Waals surface area contributed by atoms with Crippen molar-refractivity contribution in [1.82, 2.24) is 0 Å². The molecule has 1 aliphatic heterocycles. The number of hydrogen-bond acceptors (Lipinski definition) is 3. The standard InChI is InChI=1S/C10H18O3/c1-5-9-6(2)7(3)10(13-9)12-8(4)11/h6-7,9-10H,5H2,1-4H3/t6-,7+,9+,10+/m0/s1. The van der Waals surface area contributed by atoms with E-state index in [4.69, 9.17) is 9.47 Å². The van der Waals surface area contributed by atoms with Crippen molar-refractivity contribution in [2.75, 3.05) is 0 Å². The molecule has 0 aromatic carbocycles. The molecule has 1 fully saturated rings. The van der Waals surface area contributed by atoms with Gasteiger partial charge >= 0.3 is 5.97 Å². The van der Waals surface area contributed by atoms with Crippen LogP contribution in [0.2, 0.25) is 0 Å². The van der Waals surface area contributed by atoms with E-state index in [-0.39, 0.29) is 18.4 Å². The van der Waals surface area contributed by atoms with Crippen LogP contribution in [0, 0.1) is 11.8 Å². The van der Waals surface area contributed by atoms with Crippen molar-refractivity contribution < 1.29 is 14.3 Å². The second-order valence-electron chi connectivity index (χ2n) is 3.78. The highest BCUT2D eigenvalue weighted by Crippen LogP contribution is 2.34. The monoisotopic (exact) mass is 186 g/mol. The Hall–Kier alpha value is -0.570. The minimum Gasteiger partial charge on any atom is -0.436 e. The summed E-state index contributed by atoms with van der Waals surface area (Å²) >= 11 is 0. The molecule has 0 unspecified atom stereocenters. The van der Waals surface area contributed by atoms with Crippen LogP contribution >= 0.6 is 0 Å². The van der Waals surface area contributed by atoms with E-state index in [0.717, 1.165) is 6.42 Å². The predicted octanol–water partition coefficient (Wildman–Crippen LogP) is 1.96. The molecule has 3 heteroatoms. The van der Waals surface area contributed by atoms with Gasteiger partial charge in [0.05, 0.1) is 6.10 Å². The normalized spacial score (nSPS) is 39.1. The van der Waals surface area contributed by atoms with Gasteiger partial charge in [0.25, 0.3) is 0 Å². The van der Waals surface area contributed by atoms with Crippen molar-refractivity contribution in [1.29, 1.82) is 0 Å². The van der Waals surface area contributed by atoms with Gasteiger partial charge in [-0.1, -0.05) is 20.8 Å². The molecular formula is C10H18O3. The Bertz CT molecular complexity index is 191. The van der Waals surface area contributed by atoms with E-state index in [1.165, 1.54) is 6.92 Å². The summed E-state index contributed by atoms with van der Waals surface area (Å²) in [6, 6.07) is 0. The molecular weight excluding hydrogens is 168 g/mol. The first-order valence-corrected chi connectivity index (χ1v) is 4.89. The molecule has 0 N–H and O–H groups in total. The highest BCUT2D eigenvalue weighted by Gasteiger charge is 2.39. The van der Waals surface area contributed by atoms with Crippen LogP contribution in [0.25, 0.3) is 0 Å². The molecule has 1 heterocycles. The van der Waals surface area contributed by atoms with E-state index >= 15 is 0 Å². The van der Waals surface area contributed by atoms with Crippen molar-refractivity contribution in [3.63, 3.8) is 0 Å². The maximum Gasteiger partial charge on any atom is 0.304 e. The number of ether oxygens (including phenoxy) is 2. The third kappa shape index (κ3) is 2.21. The van der Waals surface area contributed by atoms with Crippen molar-refractivity contribution in [2.45, 2.75) is 46.5 Å². The minimum atomic E-state index is -0.336. The van der Waals surface area contributed by atoms with Crippen molar-refractivity contribution in [2.24, 2.45) is 11.8 Å². The summed E-state index contributed by atoms with van der Waals surface area (Å²) in [5.41, 5.74) is 0. The van der Waals surface area contributed by atoms with Crippen molar-refractivity contribution in [3.8, 4) is 0 Å². The molecule has 0 aromatic heterocycles. The lowest BCUT2D eigenvalue weighted by atomic mass is 9.92. The van der Waals surface area contributed by atoms with E-state index in [9.17, 15) is 4.79 Å². The van der Waals surface area contributed by atoms with Crippen molar-refractivity contribution >= 4 is 5.97 Å². The third-order valence-electron chi connectivity index (χ3n) is 2.84. The van der Waals surface area contributed by atoms with Gasteiger partial charge in [-0.15, -0.1) is 0 Å². The average Bonchev–Trinajstić information content (AvgIpc) is 2.32. The Kier molecular flexibility index (Phi) is 3.31. The molecule has 0 saturated carbocycles. The van der Waals surface area contributed by atoms with E-state index in [1.54, 1.807) is 0 Å². The molecule has 3 nitrogen and oxygen atoms in total. The lowest BCUT2D eigenvalue weighted by Crippen LogP contribution is -2.21. The molecule has 1 saturated heterocycles. The van der Waals surface area contributed by atoms with Gasteiger partial charge in [-0.2, -0.15) is 0 Å². The number of hydrogen-bond donors (Lipinski definition) is 0. The Morgan fingerprint density at radius 3 is 2.38 bits per heavy atom. The Labute approximate surface area is 79.4 Å². The van der Waals surface area contributed by atoms with E-state index in [1.807, 2.05) is 0 Å². The maximum atomic E-state index is 10.7. The summed E-state index contributed by atoms with van der Waals surface area (Å²) in [6.07, 6.45) is 0.875. The van der Waals surface area contributed by atoms with Gasteiger partial charge in [-0.25, -0.2) is 0 Å². The predicted molar refractivity (Wildman–Crippen MR) is 49.0 cm³/mol.